The monoisotopic (exact) mass is 362 g/mol. The van der Waals surface area contributed by atoms with Crippen LogP contribution in [0.4, 0.5) is 10.5 Å². The lowest BCUT2D eigenvalue weighted by Crippen LogP contribution is -2.16. The van der Waals surface area contributed by atoms with E-state index in [9.17, 15) is 13.2 Å². The molecule has 7 heteroatoms. The number of hydrogen-bond donors (Lipinski definition) is 1. The van der Waals surface area contributed by atoms with Crippen molar-refractivity contribution in [2.45, 2.75) is 4.90 Å². The van der Waals surface area contributed by atoms with Crippen molar-refractivity contribution in [2.75, 3.05) is 18.8 Å². The highest BCUT2D eigenvalue weighted by Crippen LogP contribution is 2.29. The van der Waals surface area contributed by atoms with Crippen molar-refractivity contribution in [3.63, 3.8) is 0 Å². The summed E-state index contributed by atoms with van der Waals surface area (Å²) < 4.78 is 27.0. The predicted octanol–water partition coefficient (Wildman–Crippen LogP) is 3.87. The molecule has 0 saturated heterocycles. The average Bonchev–Trinajstić information content (AvgIpc) is 2.55. The summed E-state index contributed by atoms with van der Waals surface area (Å²) in [6, 6.07) is 15.9. The summed E-state index contributed by atoms with van der Waals surface area (Å²) in [7, 11) is -0.393. The molecule has 0 saturated carbocycles. The van der Waals surface area contributed by atoms with Crippen LogP contribution in [0.2, 0.25) is 0 Å². The summed E-state index contributed by atoms with van der Waals surface area (Å²) in [5.74, 6) is 0. The van der Waals surface area contributed by atoms with E-state index < -0.39 is 10.0 Å². The first-order valence-electron chi connectivity index (χ1n) is 7.11. The largest absolute Gasteiger partial charge is 0.339 e. The molecule has 0 aliphatic rings. The van der Waals surface area contributed by atoms with Crippen LogP contribution in [0.5, 0.6) is 0 Å². The lowest BCUT2D eigenvalue weighted by Gasteiger charge is -2.12. The Kier molecular flexibility index (Phi) is 6.05. The van der Waals surface area contributed by atoms with Crippen LogP contribution < -0.4 is 4.72 Å². The maximum atomic E-state index is 12.2. The Bertz CT molecular complexity index is 832. The van der Waals surface area contributed by atoms with Gasteiger partial charge in [-0.2, -0.15) is 0 Å². The third-order valence-corrected chi connectivity index (χ3v) is 5.06. The third kappa shape index (κ3) is 5.43. The number of nitrogens with one attached hydrogen (secondary N) is 1. The third-order valence-electron chi connectivity index (χ3n) is 2.94. The van der Waals surface area contributed by atoms with Crippen molar-refractivity contribution >= 4 is 38.8 Å². The quantitative estimate of drug-likeness (QED) is 0.820. The van der Waals surface area contributed by atoms with Gasteiger partial charge < -0.3 is 4.90 Å². The van der Waals surface area contributed by atoms with Gasteiger partial charge in [0.1, 0.15) is 0 Å². The Balaban J connectivity index is 2.18. The van der Waals surface area contributed by atoms with Crippen molar-refractivity contribution in [3.8, 4) is 0 Å². The smallest absolute Gasteiger partial charge is 0.286 e. The lowest BCUT2D eigenvalue weighted by atomic mass is 10.2. The van der Waals surface area contributed by atoms with Gasteiger partial charge in [0.05, 0.1) is 11.1 Å². The highest BCUT2D eigenvalue weighted by Gasteiger charge is 2.13. The lowest BCUT2D eigenvalue weighted by molar-refractivity contribution is 0.241. The number of para-hydroxylation sites is 1. The molecule has 126 valence electrons. The molecule has 0 fully saturated rings. The number of carbonyl (C=O) groups excluding carboxylic acids is 1. The van der Waals surface area contributed by atoms with E-state index in [1.165, 1.54) is 11.0 Å². The number of hydrogen-bond acceptors (Lipinski definition) is 4. The number of amides is 1. The molecular formula is C17H18N2O3S2. The van der Waals surface area contributed by atoms with Crippen LogP contribution in [0.3, 0.4) is 0 Å². The number of rotatable bonds is 5. The highest BCUT2D eigenvalue weighted by molar-refractivity contribution is 8.13. The fraction of sp³-hybridized carbons (Fsp3) is 0.118. The van der Waals surface area contributed by atoms with Crippen molar-refractivity contribution in [1.82, 2.24) is 4.90 Å². The molecule has 0 bridgehead atoms. The van der Waals surface area contributed by atoms with Crippen molar-refractivity contribution in [1.29, 1.82) is 0 Å². The second-order valence-corrected chi connectivity index (χ2v) is 7.68. The molecule has 0 atom stereocenters. The SMILES string of the molecule is CN(C)C(=O)Sc1ccccc1NS(=O)(=O)/C=C/c1ccccc1. The number of anilines is 1. The molecule has 0 spiro atoms. The standard InChI is InChI=1S/C17H18N2O3S2/c1-19(2)17(20)23-16-11-7-6-10-15(16)18-24(21,22)13-12-14-8-4-3-5-9-14/h3-13,18H,1-2H3/b13-12+. The first kappa shape index (κ1) is 18.1. The fourth-order valence-electron chi connectivity index (χ4n) is 1.74. The fourth-order valence-corrected chi connectivity index (χ4v) is 3.44. The first-order valence-corrected chi connectivity index (χ1v) is 9.48. The van der Waals surface area contributed by atoms with E-state index in [4.69, 9.17) is 0 Å². The van der Waals surface area contributed by atoms with Crippen LogP contribution in [0.1, 0.15) is 5.56 Å². The summed E-state index contributed by atoms with van der Waals surface area (Å²) in [6.07, 6.45) is 1.52. The topological polar surface area (TPSA) is 66.5 Å². The van der Waals surface area contributed by atoms with Crippen LogP contribution in [0.25, 0.3) is 6.08 Å². The van der Waals surface area contributed by atoms with Gasteiger partial charge in [0.25, 0.3) is 15.3 Å². The van der Waals surface area contributed by atoms with E-state index in [0.717, 1.165) is 22.7 Å². The summed E-state index contributed by atoms with van der Waals surface area (Å²) in [4.78, 5) is 13.8. The Morgan fingerprint density at radius 1 is 1.04 bits per heavy atom. The zero-order chi connectivity index (χ0) is 17.6. The first-order chi connectivity index (χ1) is 11.4. The van der Waals surface area contributed by atoms with Gasteiger partial charge in [0, 0.05) is 19.0 Å². The number of sulfonamides is 1. The zero-order valence-electron chi connectivity index (χ0n) is 13.3. The number of thioether (sulfide) groups is 1. The Hall–Kier alpha value is -2.25. The van der Waals surface area contributed by atoms with E-state index >= 15 is 0 Å². The summed E-state index contributed by atoms with van der Waals surface area (Å²) in [5, 5.41) is 0.929. The minimum atomic E-state index is -3.68. The van der Waals surface area contributed by atoms with Crippen LogP contribution >= 0.6 is 11.8 Å². The minimum absolute atomic E-state index is 0.179. The zero-order valence-corrected chi connectivity index (χ0v) is 15.0. The predicted molar refractivity (Wildman–Crippen MR) is 99.4 cm³/mol. The molecule has 1 amide bonds. The Morgan fingerprint density at radius 3 is 2.33 bits per heavy atom. The second-order valence-electron chi connectivity index (χ2n) is 5.12. The van der Waals surface area contributed by atoms with Gasteiger partial charge in [0.15, 0.2) is 0 Å². The van der Waals surface area contributed by atoms with Gasteiger partial charge in [-0.05, 0) is 35.5 Å². The second kappa shape index (κ2) is 8.03. The number of benzene rings is 2. The van der Waals surface area contributed by atoms with Crippen LogP contribution in [-0.4, -0.2) is 32.7 Å². The normalized spacial score (nSPS) is 11.4. The minimum Gasteiger partial charge on any atom is -0.339 e. The van der Waals surface area contributed by atoms with E-state index in [-0.39, 0.29) is 5.24 Å². The molecule has 0 unspecified atom stereocenters. The summed E-state index contributed by atoms with van der Waals surface area (Å²) in [6.45, 7) is 0. The van der Waals surface area contributed by atoms with Crippen molar-refractivity contribution in [3.05, 3.63) is 65.6 Å². The van der Waals surface area contributed by atoms with Crippen LogP contribution in [0.15, 0.2) is 64.9 Å². The maximum absolute atomic E-state index is 12.2. The highest BCUT2D eigenvalue weighted by atomic mass is 32.2. The number of nitrogens with zero attached hydrogens (tertiary/aromatic N) is 1. The van der Waals surface area contributed by atoms with Gasteiger partial charge in [-0.15, -0.1) is 0 Å². The van der Waals surface area contributed by atoms with Crippen LogP contribution in [-0.2, 0) is 10.0 Å². The molecule has 0 radical (unpaired) electrons. The molecule has 1 N–H and O–H groups in total. The van der Waals surface area contributed by atoms with Crippen LogP contribution in [0, 0.1) is 0 Å². The number of carbonyl (C=O) groups is 1. The van der Waals surface area contributed by atoms with Crippen molar-refractivity contribution in [2.24, 2.45) is 0 Å². The summed E-state index contributed by atoms with van der Waals surface area (Å²) >= 11 is 0.969. The molecule has 0 heterocycles. The van der Waals surface area contributed by atoms with E-state index in [1.807, 2.05) is 30.3 Å². The van der Waals surface area contributed by atoms with Crippen molar-refractivity contribution < 1.29 is 13.2 Å². The Morgan fingerprint density at radius 2 is 1.67 bits per heavy atom. The molecule has 0 aliphatic heterocycles. The van der Waals surface area contributed by atoms with Gasteiger partial charge in [-0.25, -0.2) is 8.42 Å². The van der Waals surface area contributed by atoms with E-state index in [1.54, 1.807) is 38.4 Å². The van der Waals surface area contributed by atoms with E-state index in [0.29, 0.717) is 10.6 Å². The molecule has 0 aromatic heterocycles. The Labute approximate surface area is 146 Å². The van der Waals surface area contributed by atoms with Gasteiger partial charge >= 0.3 is 0 Å². The molecule has 24 heavy (non-hydrogen) atoms. The molecule has 2 aromatic rings. The average molecular weight is 362 g/mol. The molecule has 0 aliphatic carbocycles. The van der Waals surface area contributed by atoms with E-state index in [2.05, 4.69) is 4.72 Å². The van der Waals surface area contributed by atoms with Gasteiger partial charge in [-0.3, -0.25) is 9.52 Å². The maximum Gasteiger partial charge on any atom is 0.286 e. The molecule has 2 aromatic carbocycles. The molecule has 2 rings (SSSR count). The summed E-state index contributed by atoms with van der Waals surface area (Å²) in [5.41, 5.74) is 1.16. The molecule has 5 nitrogen and oxygen atoms in total. The van der Waals surface area contributed by atoms with Gasteiger partial charge in [0.2, 0.25) is 0 Å². The molecular weight excluding hydrogens is 344 g/mol. The van der Waals surface area contributed by atoms with Gasteiger partial charge in [-0.1, -0.05) is 42.5 Å².